The first kappa shape index (κ1) is 23.2. The van der Waals surface area contributed by atoms with E-state index in [0.717, 1.165) is 6.92 Å². The van der Waals surface area contributed by atoms with E-state index in [4.69, 9.17) is 5.26 Å². The fourth-order valence-electron chi connectivity index (χ4n) is 4.34. The summed E-state index contributed by atoms with van der Waals surface area (Å²) in [4.78, 5) is 43.3. The van der Waals surface area contributed by atoms with Crippen LogP contribution >= 0.6 is 0 Å². The summed E-state index contributed by atoms with van der Waals surface area (Å²) in [7, 11) is 1.48. The molecular formula is C24H23F2N5O3. The highest BCUT2D eigenvalue weighted by Gasteiger charge is 2.60. The summed E-state index contributed by atoms with van der Waals surface area (Å²) >= 11 is 0. The highest BCUT2D eigenvalue weighted by molar-refractivity contribution is 6.10. The van der Waals surface area contributed by atoms with E-state index in [1.807, 2.05) is 6.07 Å². The van der Waals surface area contributed by atoms with Gasteiger partial charge in [-0.1, -0.05) is 24.3 Å². The summed E-state index contributed by atoms with van der Waals surface area (Å²) in [6, 6.07) is 13.6. The van der Waals surface area contributed by atoms with Crippen molar-refractivity contribution < 1.29 is 23.2 Å². The lowest BCUT2D eigenvalue weighted by molar-refractivity contribution is -0.161. The molecule has 0 atom stereocenters. The van der Waals surface area contributed by atoms with E-state index in [1.165, 1.54) is 46.0 Å². The van der Waals surface area contributed by atoms with Gasteiger partial charge in [0.05, 0.1) is 24.7 Å². The van der Waals surface area contributed by atoms with Gasteiger partial charge in [-0.3, -0.25) is 9.59 Å². The Morgan fingerprint density at radius 3 is 2.26 bits per heavy atom. The molecule has 2 heterocycles. The van der Waals surface area contributed by atoms with Gasteiger partial charge >= 0.3 is 6.03 Å². The van der Waals surface area contributed by atoms with Crippen molar-refractivity contribution in [2.24, 2.45) is 0 Å². The highest BCUT2D eigenvalue weighted by atomic mass is 19.3. The van der Waals surface area contributed by atoms with Crippen LogP contribution in [0.1, 0.15) is 23.6 Å². The van der Waals surface area contributed by atoms with Crippen LogP contribution in [0.25, 0.3) is 0 Å². The van der Waals surface area contributed by atoms with Gasteiger partial charge in [0.1, 0.15) is 6.54 Å². The smallest absolute Gasteiger partial charge is 0.317 e. The van der Waals surface area contributed by atoms with Gasteiger partial charge in [0.25, 0.3) is 11.8 Å². The average Bonchev–Trinajstić information content (AvgIpc) is 2.79. The Bertz CT molecular complexity index is 1160. The number of urea groups is 1. The fraction of sp³-hybridized carbons (Fsp3) is 0.333. The summed E-state index contributed by atoms with van der Waals surface area (Å²) in [5.41, 5.74) is 0.0752. The number of nitrogens with zero attached hydrogens (tertiary/aromatic N) is 4. The molecule has 4 rings (SSSR count). The molecule has 34 heavy (non-hydrogen) atoms. The molecular weight excluding hydrogens is 444 g/mol. The number of piperazine rings is 1. The zero-order valence-corrected chi connectivity index (χ0v) is 18.7. The molecule has 8 nitrogen and oxygen atoms in total. The molecule has 10 heteroatoms. The second-order valence-corrected chi connectivity index (χ2v) is 8.56. The van der Waals surface area contributed by atoms with Crippen LogP contribution in [0.15, 0.2) is 48.5 Å². The molecule has 0 aliphatic carbocycles. The van der Waals surface area contributed by atoms with Crippen LogP contribution in [0.2, 0.25) is 0 Å². The van der Waals surface area contributed by atoms with Crippen LogP contribution in [-0.2, 0) is 22.1 Å². The topological polar surface area (TPSA) is 96.7 Å². The molecule has 0 bridgehead atoms. The molecule has 2 aliphatic rings. The average molecular weight is 467 g/mol. The molecule has 0 aromatic heterocycles. The monoisotopic (exact) mass is 467 g/mol. The van der Waals surface area contributed by atoms with E-state index in [1.54, 1.807) is 24.3 Å². The van der Waals surface area contributed by atoms with Crippen molar-refractivity contribution in [3.05, 3.63) is 65.2 Å². The summed E-state index contributed by atoms with van der Waals surface area (Å²) in [5.74, 6) is -3.65. The molecule has 0 saturated carbocycles. The lowest BCUT2D eigenvalue weighted by Gasteiger charge is -2.57. The minimum absolute atomic E-state index is 0.00907. The predicted molar refractivity (Wildman–Crippen MR) is 119 cm³/mol. The van der Waals surface area contributed by atoms with E-state index < -0.39 is 11.5 Å². The normalized spacial score (nSPS) is 17.4. The standard InChI is InChI=1S/C24H23F2N5O3/c1-23(25,26)18-7-3-17(4-8-18)12-31-20(32)13-30(19-9-5-16(11-27)6-10-19)21(33)24(31)14-29(15-24)22(34)28-2/h3-10H,12-15H2,1-2H3,(H,28,34). The van der Waals surface area contributed by atoms with Gasteiger partial charge in [0.2, 0.25) is 5.91 Å². The SMILES string of the molecule is CNC(=O)N1CC2(C1)C(=O)N(c1ccc(C#N)cc1)CC(=O)N2Cc1ccc(C(C)(F)F)cc1. The Kier molecular flexibility index (Phi) is 5.73. The zero-order valence-electron chi connectivity index (χ0n) is 18.7. The van der Waals surface area contributed by atoms with Crippen LogP contribution in [-0.4, -0.2) is 59.9 Å². The summed E-state index contributed by atoms with van der Waals surface area (Å²) in [6.07, 6.45) is 0. The molecule has 4 amide bonds. The summed E-state index contributed by atoms with van der Waals surface area (Å²) in [5, 5.41) is 11.5. The Morgan fingerprint density at radius 1 is 1.12 bits per heavy atom. The van der Waals surface area contributed by atoms with E-state index in [-0.39, 0.29) is 49.6 Å². The van der Waals surface area contributed by atoms with Crippen molar-refractivity contribution in [3.63, 3.8) is 0 Å². The number of anilines is 1. The molecule has 1 N–H and O–H groups in total. The third-order valence-electron chi connectivity index (χ3n) is 6.27. The van der Waals surface area contributed by atoms with Gasteiger partial charge in [-0.2, -0.15) is 5.26 Å². The molecule has 0 unspecified atom stereocenters. The van der Waals surface area contributed by atoms with Gasteiger partial charge in [0, 0.05) is 31.8 Å². The predicted octanol–water partition coefficient (Wildman–Crippen LogP) is 2.44. The number of benzene rings is 2. The molecule has 1 spiro atoms. The Morgan fingerprint density at radius 2 is 1.74 bits per heavy atom. The number of amides is 4. The molecule has 2 aliphatic heterocycles. The maximum Gasteiger partial charge on any atom is 0.317 e. The number of nitrogens with one attached hydrogen (secondary N) is 1. The first-order chi connectivity index (χ1) is 16.1. The Hall–Kier alpha value is -4.00. The quantitative estimate of drug-likeness (QED) is 0.747. The number of carbonyl (C=O) groups is 3. The van der Waals surface area contributed by atoms with Gasteiger partial charge in [-0.05, 0) is 29.8 Å². The molecule has 176 valence electrons. The number of rotatable bonds is 4. The van der Waals surface area contributed by atoms with Crippen LogP contribution in [0.5, 0.6) is 0 Å². The van der Waals surface area contributed by atoms with E-state index >= 15 is 0 Å². The van der Waals surface area contributed by atoms with Crippen molar-refractivity contribution in [1.82, 2.24) is 15.1 Å². The lowest BCUT2D eigenvalue weighted by Crippen LogP contribution is -2.81. The summed E-state index contributed by atoms with van der Waals surface area (Å²) < 4.78 is 27.1. The number of carbonyl (C=O) groups excluding carboxylic acids is 3. The van der Waals surface area contributed by atoms with Gasteiger partial charge in [-0.25, -0.2) is 13.6 Å². The van der Waals surface area contributed by atoms with Gasteiger partial charge in [0.15, 0.2) is 5.54 Å². The molecule has 2 fully saturated rings. The van der Waals surface area contributed by atoms with Crippen molar-refractivity contribution in [3.8, 4) is 6.07 Å². The minimum Gasteiger partial charge on any atom is -0.341 e. The maximum atomic E-state index is 13.7. The largest absolute Gasteiger partial charge is 0.341 e. The van der Waals surface area contributed by atoms with Crippen molar-refractivity contribution >= 4 is 23.5 Å². The summed E-state index contributed by atoms with van der Waals surface area (Å²) in [6.45, 7) is 0.661. The maximum absolute atomic E-state index is 13.7. The van der Waals surface area contributed by atoms with Crippen LogP contribution in [0, 0.1) is 11.3 Å². The van der Waals surface area contributed by atoms with Crippen molar-refractivity contribution in [1.29, 1.82) is 5.26 Å². The van der Waals surface area contributed by atoms with Crippen LogP contribution in [0.4, 0.5) is 19.3 Å². The number of likely N-dealkylation sites (tertiary alicyclic amines) is 1. The van der Waals surface area contributed by atoms with E-state index in [2.05, 4.69) is 5.32 Å². The number of nitriles is 1. The van der Waals surface area contributed by atoms with Crippen molar-refractivity contribution in [2.75, 3.05) is 31.6 Å². The first-order valence-electron chi connectivity index (χ1n) is 10.7. The van der Waals surface area contributed by atoms with Crippen LogP contribution < -0.4 is 10.2 Å². The second kappa shape index (κ2) is 8.41. The molecule has 2 saturated heterocycles. The third kappa shape index (κ3) is 3.94. The zero-order chi connectivity index (χ0) is 24.7. The Labute approximate surface area is 195 Å². The number of hydrogen-bond donors (Lipinski definition) is 1. The van der Waals surface area contributed by atoms with Gasteiger partial charge < -0.3 is 20.0 Å². The Balaban J connectivity index is 1.64. The molecule has 2 aromatic rings. The van der Waals surface area contributed by atoms with Gasteiger partial charge in [-0.15, -0.1) is 0 Å². The lowest BCUT2D eigenvalue weighted by atomic mass is 9.83. The molecule has 0 radical (unpaired) electrons. The third-order valence-corrected chi connectivity index (χ3v) is 6.27. The highest BCUT2D eigenvalue weighted by Crippen LogP contribution is 2.37. The first-order valence-corrected chi connectivity index (χ1v) is 10.7. The van der Waals surface area contributed by atoms with Crippen LogP contribution in [0.3, 0.4) is 0 Å². The minimum atomic E-state index is -2.99. The van der Waals surface area contributed by atoms with E-state index in [0.29, 0.717) is 16.8 Å². The fourth-order valence-corrected chi connectivity index (χ4v) is 4.34. The number of hydrogen-bond acceptors (Lipinski definition) is 4. The second-order valence-electron chi connectivity index (χ2n) is 8.56. The van der Waals surface area contributed by atoms with E-state index in [9.17, 15) is 23.2 Å². The number of halogens is 2. The molecule has 2 aromatic carbocycles. The number of alkyl halides is 2. The van der Waals surface area contributed by atoms with Crippen molar-refractivity contribution in [2.45, 2.75) is 24.9 Å².